The molecule has 0 saturated carbocycles. The van der Waals surface area contributed by atoms with Crippen LogP contribution in [0.25, 0.3) is 0 Å². The van der Waals surface area contributed by atoms with E-state index in [4.69, 9.17) is 0 Å². The second-order valence-electron chi connectivity index (χ2n) is 0.986. The predicted molar refractivity (Wildman–Crippen MR) is 48.6 cm³/mol. The fourth-order valence-corrected chi connectivity index (χ4v) is 4.67. The molecule has 4 heteroatoms. The van der Waals surface area contributed by atoms with Gasteiger partial charge in [0.15, 0.2) is 0 Å². The van der Waals surface area contributed by atoms with Crippen LogP contribution in [-0.4, -0.2) is 0 Å². The summed E-state index contributed by atoms with van der Waals surface area (Å²) in [5.41, 5.74) is 0. The highest BCUT2D eigenvalue weighted by Crippen LogP contribution is 2.44. The maximum Gasteiger partial charge on any atom is -0.00841 e. The third-order valence-electron chi connectivity index (χ3n) is 0.486. The number of hydrogen-bond acceptors (Lipinski definition) is 4. The van der Waals surface area contributed by atoms with Crippen LogP contribution in [0.15, 0.2) is 23.0 Å². The normalized spacial score (nSPS) is 20.0. The van der Waals surface area contributed by atoms with E-state index in [1.807, 2.05) is 12.2 Å². The average molecular weight is 180 g/mol. The summed E-state index contributed by atoms with van der Waals surface area (Å²) in [4.78, 5) is 0. The summed E-state index contributed by atoms with van der Waals surface area (Å²) >= 11 is 0. The zero-order valence-corrected chi connectivity index (χ0v) is 7.21. The molecular weight excluding hydrogens is 176 g/mol. The van der Waals surface area contributed by atoms with Gasteiger partial charge >= 0.3 is 0 Å². The van der Waals surface area contributed by atoms with Crippen molar-refractivity contribution in [2.24, 2.45) is 0 Å². The van der Waals surface area contributed by atoms with Crippen LogP contribution >= 0.6 is 41.2 Å². The van der Waals surface area contributed by atoms with E-state index in [2.05, 4.69) is 10.8 Å². The van der Waals surface area contributed by atoms with Crippen molar-refractivity contribution in [3.63, 3.8) is 0 Å². The summed E-state index contributed by atoms with van der Waals surface area (Å²) in [7, 11) is 7.09. The zero-order valence-electron chi connectivity index (χ0n) is 3.94. The molecule has 8 heavy (non-hydrogen) atoms. The van der Waals surface area contributed by atoms with Crippen LogP contribution in [0.3, 0.4) is 0 Å². The van der Waals surface area contributed by atoms with E-state index in [0.29, 0.717) is 0 Å². The second-order valence-corrected chi connectivity index (χ2v) is 6.61. The quantitative estimate of drug-likeness (QED) is 0.521. The minimum atomic E-state index is 1.76. The lowest BCUT2D eigenvalue weighted by Gasteiger charge is -1.91. The fourth-order valence-electron chi connectivity index (χ4n) is 0.232. The van der Waals surface area contributed by atoms with Gasteiger partial charge in [-0.25, -0.2) is 0 Å². The second kappa shape index (κ2) is 4.73. The van der Waals surface area contributed by atoms with Crippen LogP contribution < -0.4 is 0 Å². The Hall–Kier alpha value is 0.880. The van der Waals surface area contributed by atoms with Gasteiger partial charge in [0.25, 0.3) is 0 Å². The fraction of sp³-hybridized carbons (Fsp3) is 0. The molecule has 0 radical (unpaired) electrons. The molecule has 0 nitrogen and oxygen atoms in total. The van der Waals surface area contributed by atoms with Crippen molar-refractivity contribution in [2.75, 3.05) is 0 Å². The lowest BCUT2D eigenvalue weighted by atomic mass is 10.6. The summed E-state index contributed by atoms with van der Waals surface area (Å²) < 4.78 is 0. The van der Waals surface area contributed by atoms with E-state index in [0.717, 1.165) is 0 Å². The van der Waals surface area contributed by atoms with Crippen LogP contribution in [0, 0.1) is 0 Å². The van der Waals surface area contributed by atoms with E-state index in [1.165, 1.54) is 0 Å². The van der Waals surface area contributed by atoms with Crippen molar-refractivity contribution in [2.45, 2.75) is 0 Å². The van der Waals surface area contributed by atoms with Crippen molar-refractivity contribution in [1.29, 1.82) is 0 Å². The molecular formula is C4H4S4. The van der Waals surface area contributed by atoms with Crippen molar-refractivity contribution in [1.82, 2.24) is 0 Å². The Kier molecular flexibility index (Phi) is 4.13. The molecule has 0 aromatic carbocycles. The molecule has 0 spiro atoms. The molecule has 0 amide bonds. The summed E-state index contributed by atoms with van der Waals surface area (Å²) in [6.07, 6.45) is 4.09. The Labute approximate surface area is 64.1 Å². The molecule has 0 unspecified atom stereocenters. The minimum Gasteiger partial charge on any atom is -0.0545 e. The smallest absolute Gasteiger partial charge is 0.00841 e. The molecule has 0 aromatic rings. The first-order valence-electron chi connectivity index (χ1n) is 1.97. The molecule has 0 fully saturated rings. The van der Waals surface area contributed by atoms with Crippen LogP contribution in [-0.2, 0) is 0 Å². The van der Waals surface area contributed by atoms with E-state index >= 15 is 0 Å². The van der Waals surface area contributed by atoms with Gasteiger partial charge < -0.3 is 0 Å². The van der Waals surface area contributed by atoms with Gasteiger partial charge in [-0.15, -0.1) is 0 Å². The van der Waals surface area contributed by atoms with Gasteiger partial charge in [-0.3, -0.25) is 0 Å². The van der Waals surface area contributed by atoms with Crippen molar-refractivity contribution in [3.8, 4) is 0 Å². The maximum atomic E-state index is 2.08. The number of rotatable bonds is 0. The third-order valence-corrected chi connectivity index (χ3v) is 5.95. The van der Waals surface area contributed by atoms with Gasteiger partial charge in [0.1, 0.15) is 0 Å². The summed E-state index contributed by atoms with van der Waals surface area (Å²) in [6, 6.07) is 0. The van der Waals surface area contributed by atoms with Crippen molar-refractivity contribution >= 4 is 41.2 Å². The first-order valence-corrected chi connectivity index (χ1v) is 6.91. The molecule has 0 N–H and O–H groups in total. The Bertz CT molecular complexity index is 92.6. The molecule has 0 saturated heterocycles. The van der Waals surface area contributed by atoms with Gasteiger partial charge in [-0.2, -0.15) is 0 Å². The zero-order chi connectivity index (χ0) is 5.66. The molecule has 44 valence electrons. The predicted octanol–water partition coefficient (Wildman–Crippen LogP) is 3.71. The van der Waals surface area contributed by atoms with Crippen LogP contribution in [0.4, 0.5) is 0 Å². The molecule has 1 rings (SSSR count). The summed E-state index contributed by atoms with van der Waals surface area (Å²) in [5.74, 6) is 0. The van der Waals surface area contributed by atoms with Gasteiger partial charge in [0.2, 0.25) is 0 Å². The Morgan fingerprint density at radius 3 is 1.75 bits per heavy atom. The first kappa shape index (κ1) is 6.99. The third kappa shape index (κ3) is 3.02. The average Bonchev–Trinajstić information content (AvgIpc) is 1.62. The summed E-state index contributed by atoms with van der Waals surface area (Å²) in [6.45, 7) is 0. The summed E-state index contributed by atoms with van der Waals surface area (Å²) in [5, 5.41) is 4.15. The number of hydrogen-bond donors (Lipinski definition) is 0. The highest BCUT2D eigenvalue weighted by Gasteiger charge is 1.86. The number of allylic oxidation sites excluding steroid dienone is 2. The Balaban J connectivity index is 2.33. The van der Waals surface area contributed by atoms with Gasteiger partial charge in [-0.1, -0.05) is 33.7 Å². The lowest BCUT2D eigenvalue weighted by molar-refractivity contribution is 2.10. The van der Waals surface area contributed by atoms with Crippen LogP contribution in [0.5, 0.6) is 0 Å². The molecule has 0 aromatic heterocycles. The van der Waals surface area contributed by atoms with Crippen molar-refractivity contribution in [3.05, 3.63) is 23.0 Å². The lowest BCUT2D eigenvalue weighted by Crippen LogP contribution is -1.47. The first-order chi connectivity index (χ1) is 4.00. The highest BCUT2D eigenvalue weighted by atomic mass is 33.7. The van der Waals surface area contributed by atoms with Crippen LogP contribution in [0.2, 0.25) is 0 Å². The standard InChI is InChI=1S/C4H4S4/c1-2-4-6-8-7-5-3-1/h1-4H. The molecule has 0 atom stereocenters. The molecule has 0 bridgehead atoms. The van der Waals surface area contributed by atoms with E-state index in [1.54, 1.807) is 41.2 Å². The monoisotopic (exact) mass is 180 g/mol. The molecule has 1 heterocycles. The molecule has 0 aliphatic carbocycles. The topological polar surface area (TPSA) is 0 Å². The largest absolute Gasteiger partial charge is 0.0545 e. The van der Waals surface area contributed by atoms with E-state index in [9.17, 15) is 0 Å². The van der Waals surface area contributed by atoms with E-state index < -0.39 is 0 Å². The SMILES string of the molecule is C1=CSSSSC=C1. The highest BCUT2D eigenvalue weighted by molar-refractivity contribution is 9.26. The Morgan fingerprint density at radius 1 is 0.750 bits per heavy atom. The van der Waals surface area contributed by atoms with Crippen LogP contribution in [0.1, 0.15) is 0 Å². The van der Waals surface area contributed by atoms with Gasteiger partial charge in [0.05, 0.1) is 0 Å². The van der Waals surface area contributed by atoms with E-state index in [-0.39, 0.29) is 0 Å². The van der Waals surface area contributed by atoms with Crippen molar-refractivity contribution < 1.29 is 0 Å². The molecule has 1 aliphatic rings. The molecule has 1 aliphatic heterocycles. The minimum absolute atomic E-state index is 1.76. The Morgan fingerprint density at radius 2 is 1.25 bits per heavy atom. The maximum absolute atomic E-state index is 2.08. The van der Waals surface area contributed by atoms with Gasteiger partial charge in [-0.05, 0) is 30.5 Å². The van der Waals surface area contributed by atoms with Gasteiger partial charge in [0, 0.05) is 0 Å².